The van der Waals surface area contributed by atoms with Crippen molar-refractivity contribution in [1.82, 2.24) is 0 Å². The molecule has 0 spiro atoms. The van der Waals surface area contributed by atoms with Crippen LogP contribution in [-0.2, 0) is 10.2 Å². The Labute approximate surface area is 155 Å². The molecule has 26 heavy (non-hydrogen) atoms. The molecule has 0 radical (unpaired) electrons. The predicted octanol–water partition coefficient (Wildman–Crippen LogP) is 5.02. The molecule has 4 heteroatoms. The fraction of sp³-hybridized carbons (Fsp3) is 0.545. The number of allylic oxidation sites excluding steroid dienone is 2. The van der Waals surface area contributed by atoms with Crippen LogP contribution < -0.4 is 9.47 Å². The average Bonchev–Trinajstić information content (AvgIpc) is 2.51. The van der Waals surface area contributed by atoms with Gasteiger partial charge in [0.2, 0.25) is 0 Å². The SMILES string of the molecule is CC(=O)Oc1cc(C(C)(C)C)cc2c1C1CC(C#N)=CC[C@H]1C(C)(C)O2. The normalized spacial score (nSPS) is 23.7. The van der Waals surface area contributed by atoms with Gasteiger partial charge in [-0.25, -0.2) is 0 Å². The second-order valence-electron chi connectivity index (χ2n) is 8.93. The lowest BCUT2D eigenvalue weighted by Gasteiger charge is -2.47. The summed E-state index contributed by atoms with van der Waals surface area (Å²) in [4.78, 5) is 11.7. The molecule has 0 amide bonds. The zero-order valence-electron chi connectivity index (χ0n) is 16.5. The molecule has 2 aliphatic rings. The van der Waals surface area contributed by atoms with Crippen molar-refractivity contribution < 1.29 is 14.3 Å². The Hall–Kier alpha value is -2.28. The molecule has 0 saturated carbocycles. The monoisotopic (exact) mass is 353 g/mol. The summed E-state index contributed by atoms with van der Waals surface area (Å²) in [7, 11) is 0. The van der Waals surface area contributed by atoms with Crippen molar-refractivity contribution in [3.8, 4) is 17.6 Å². The molecule has 1 aliphatic heterocycles. The molecule has 2 atom stereocenters. The van der Waals surface area contributed by atoms with Crippen LogP contribution in [0.4, 0.5) is 0 Å². The van der Waals surface area contributed by atoms with Gasteiger partial charge in [0.05, 0.1) is 6.07 Å². The van der Waals surface area contributed by atoms with Gasteiger partial charge in [0, 0.05) is 29.9 Å². The Bertz CT molecular complexity index is 821. The van der Waals surface area contributed by atoms with Crippen LogP contribution in [0.2, 0.25) is 0 Å². The molecule has 1 unspecified atom stereocenters. The van der Waals surface area contributed by atoms with Gasteiger partial charge in [0.1, 0.15) is 17.1 Å². The van der Waals surface area contributed by atoms with Crippen LogP contribution in [0.3, 0.4) is 0 Å². The zero-order chi connectivity index (χ0) is 19.3. The number of nitriles is 1. The highest BCUT2D eigenvalue weighted by Crippen LogP contribution is 2.55. The second-order valence-corrected chi connectivity index (χ2v) is 8.93. The van der Waals surface area contributed by atoms with Gasteiger partial charge in [-0.15, -0.1) is 0 Å². The Morgan fingerprint density at radius 1 is 1.35 bits per heavy atom. The van der Waals surface area contributed by atoms with E-state index in [1.165, 1.54) is 6.92 Å². The van der Waals surface area contributed by atoms with Crippen molar-refractivity contribution in [1.29, 1.82) is 5.26 Å². The van der Waals surface area contributed by atoms with Crippen molar-refractivity contribution >= 4 is 5.97 Å². The number of hydrogen-bond acceptors (Lipinski definition) is 4. The van der Waals surface area contributed by atoms with Crippen LogP contribution in [0, 0.1) is 17.2 Å². The van der Waals surface area contributed by atoms with Crippen molar-refractivity contribution in [3.05, 3.63) is 34.9 Å². The summed E-state index contributed by atoms with van der Waals surface area (Å²) in [5.41, 5.74) is 2.34. The van der Waals surface area contributed by atoms with Crippen LogP contribution >= 0.6 is 0 Å². The minimum Gasteiger partial charge on any atom is -0.487 e. The summed E-state index contributed by atoms with van der Waals surface area (Å²) in [6.45, 7) is 12.0. The minimum absolute atomic E-state index is 0.0986. The third kappa shape index (κ3) is 3.23. The number of carbonyl (C=O) groups is 1. The molecule has 0 fully saturated rings. The van der Waals surface area contributed by atoms with Crippen molar-refractivity contribution in [2.45, 2.75) is 71.3 Å². The summed E-state index contributed by atoms with van der Waals surface area (Å²) < 4.78 is 12.0. The van der Waals surface area contributed by atoms with Gasteiger partial charge in [-0.05, 0) is 49.8 Å². The van der Waals surface area contributed by atoms with E-state index < -0.39 is 0 Å². The second kappa shape index (κ2) is 6.16. The average molecular weight is 353 g/mol. The van der Waals surface area contributed by atoms with Gasteiger partial charge in [-0.1, -0.05) is 26.8 Å². The van der Waals surface area contributed by atoms with Gasteiger partial charge in [0.15, 0.2) is 0 Å². The van der Waals surface area contributed by atoms with E-state index in [-0.39, 0.29) is 28.8 Å². The number of ether oxygens (including phenoxy) is 2. The number of carbonyl (C=O) groups excluding carboxylic acids is 1. The summed E-state index contributed by atoms with van der Waals surface area (Å²) >= 11 is 0. The quantitative estimate of drug-likeness (QED) is 0.525. The molecule has 0 aromatic heterocycles. The van der Waals surface area contributed by atoms with Gasteiger partial charge in [0.25, 0.3) is 0 Å². The van der Waals surface area contributed by atoms with E-state index in [4.69, 9.17) is 9.47 Å². The van der Waals surface area contributed by atoms with Gasteiger partial charge < -0.3 is 9.47 Å². The molecule has 0 bridgehead atoms. The smallest absolute Gasteiger partial charge is 0.308 e. The predicted molar refractivity (Wildman–Crippen MR) is 100 cm³/mol. The molecule has 4 nitrogen and oxygen atoms in total. The summed E-state index contributed by atoms with van der Waals surface area (Å²) in [6, 6.07) is 6.34. The molecular formula is C22H27NO3. The van der Waals surface area contributed by atoms with Gasteiger partial charge in [-0.2, -0.15) is 5.26 Å². The number of esters is 1. The molecule has 3 rings (SSSR count). The number of rotatable bonds is 1. The number of nitrogens with zero attached hydrogens (tertiary/aromatic N) is 1. The first-order valence-electron chi connectivity index (χ1n) is 9.18. The van der Waals surface area contributed by atoms with E-state index >= 15 is 0 Å². The lowest BCUT2D eigenvalue weighted by molar-refractivity contribution is -0.132. The Morgan fingerprint density at radius 2 is 2.04 bits per heavy atom. The minimum atomic E-state index is -0.348. The summed E-state index contributed by atoms with van der Waals surface area (Å²) in [5, 5.41) is 9.39. The van der Waals surface area contributed by atoms with E-state index in [1.807, 2.05) is 12.1 Å². The van der Waals surface area contributed by atoms with E-state index in [0.717, 1.165) is 28.9 Å². The first-order valence-corrected chi connectivity index (χ1v) is 9.18. The highest BCUT2D eigenvalue weighted by atomic mass is 16.5. The van der Waals surface area contributed by atoms with Crippen LogP contribution in [-0.4, -0.2) is 11.6 Å². The first kappa shape index (κ1) is 18.5. The van der Waals surface area contributed by atoms with E-state index in [1.54, 1.807) is 0 Å². The molecule has 0 saturated heterocycles. The Morgan fingerprint density at radius 3 is 2.62 bits per heavy atom. The van der Waals surface area contributed by atoms with Crippen LogP contribution in [0.1, 0.15) is 71.4 Å². The van der Waals surface area contributed by atoms with Crippen molar-refractivity contribution in [2.24, 2.45) is 5.92 Å². The molecule has 1 aromatic rings. The third-order valence-electron chi connectivity index (χ3n) is 5.55. The van der Waals surface area contributed by atoms with Crippen LogP contribution in [0.15, 0.2) is 23.8 Å². The fourth-order valence-corrected chi connectivity index (χ4v) is 4.14. The largest absolute Gasteiger partial charge is 0.487 e. The molecule has 0 N–H and O–H groups in total. The van der Waals surface area contributed by atoms with Crippen LogP contribution in [0.25, 0.3) is 0 Å². The Kier molecular flexibility index (Phi) is 4.38. The van der Waals surface area contributed by atoms with Crippen LogP contribution in [0.5, 0.6) is 11.5 Å². The first-order chi connectivity index (χ1) is 12.0. The number of fused-ring (bicyclic) bond motifs is 3. The van der Waals surface area contributed by atoms with Crippen molar-refractivity contribution in [2.75, 3.05) is 0 Å². The molecule has 1 heterocycles. The van der Waals surface area contributed by atoms with Gasteiger partial charge >= 0.3 is 5.97 Å². The van der Waals surface area contributed by atoms with Crippen molar-refractivity contribution in [3.63, 3.8) is 0 Å². The third-order valence-corrected chi connectivity index (χ3v) is 5.55. The lowest BCUT2D eigenvalue weighted by Crippen LogP contribution is -2.45. The maximum atomic E-state index is 11.7. The highest BCUT2D eigenvalue weighted by molar-refractivity contribution is 5.71. The maximum Gasteiger partial charge on any atom is 0.308 e. The lowest BCUT2D eigenvalue weighted by atomic mass is 9.66. The standard InChI is InChI=1S/C22H27NO3/c1-13(24)25-18-10-15(21(2,3)4)11-19-20(18)16-9-14(12-23)7-8-17(16)22(5,6)26-19/h7,10-11,16-17H,8-9H2,1-6H3/t16?,17-/m1/s1. The number of hydrogen-bond donors (Lipinski definition) is 0. The summed E-state index contributed by atoms with van der Waals surface area (Å²) in [5.74, 6) is 1.36. The molecule has 1 aliphatic carbocycles. The zero-order valence-corrected chi connectivity index (χ0v) is 16.5. The molecule has 1 aromatic carbocycles. The Balaban J connectivity index is 2.22. The molecule has 138 valence electrons. The fourth-order valence-electron chi connectivity index (χ4n) is 4.14. The summed E-state index contributed by atoms with van der Waals surface area (Å²) in [6.07, 6.45) is 3.47. The molecular weight excluding hydrogens is 326 g/mol. The highest BCUT2D eigenvalue weighted by Gasteiger charge is 2.46. The maximum absolute atomic E-state index is 11.7. The van der Waals surface area contributed by atoms with Gasteiger partial charge in [-0.3, -0.25) is 4.79 Å². The topological polar surface area (TPSA) is 59.3 Å². The van der Waals surface area contributed by atoms with E-state index in [2.05, 4.69) is 46.8 Å². The van der Waals surface area contributed by atoms with E-state index in [9.17, 15) is 10.1 Å². The van der Waals surface area contributed by atoms with E-state index in [0.29, 0.717) is 12.2 Å². The number of benzene rings is 1.